The van der Waals surface area contributed by atoms with Gasteiger partial charge < -0.3 is 0 Å². The number of halogens is 2. The van der Waals surface area contributed by atoms with E-state index in [1.54, 1.807) is 6.07 Å². The summed E-state index contributed by atoms with van der Waals surface area (Å²) in [5, 5.41) is 0. The summed E-state index contributed by atoms with van der Waals surface area (Å²) in [6.45, 7) is 3.06. The van der Waals surface area contributed by atoms with E-state index in [4.69, 9.17) is 0 Å². The highest BCUT2D eigenvalue weighted by molar-refractivity contribution is 9.10. The average Bonchev–Trinajstić information content (AvgIpc) is 3.07. The van der Waals surface area contributed by atoms with Crippen LogP contribution in [0.15, 0.2) is 22.7 Å². The third-order valence-electron chi connectivity index (χ3n) is 3.45. The van der Waals surface area contributed by atoms with Gasteiger partial charge in [-0.05, 0) is 60.3 Å². The smallest absolute Gasteiger partial charge is 0.137 e. The van der Waals surface area contributed by atoms with Crippen molar-refractivity contribution in [2.75, 3.05) is 7.05 Å². The highest BCUT2D eigenvalue weighted by atomic mass is 79.9. The third kappa shape index (κ3) is 2.64. The quantitative estimate of drug-likeness (QED) is 0.813. The molecule has 0 aromatic heterocycles. The van der Waals surface area contributed by atoms with E-state index in [-0.39, 0.29) is 5.82 Å². The zero-order chi connectivity index (χ0) is 11.7. The standard InChI is InChI=1S/C13H17BrFN/c1-9(10-6-7-10)16(2)8-11-4-3-5-12(15)13(11)14/h3-5,9-10H,6-8H2,1-2H3. The van der Waals surface area contributed by atoms with Gasteiger partial charge in [-0.2, -0.15) is 0 Å². The minimum atomic E-state index is -0.176. The first-order valence-corrected chi connectivity index (χ1v) is 6.52. The molecule has 1 aromatic carbocycles. The van der Waals surface area contributed by atoms with Crippen LogP contribution in [0.4, 0.5) is 4.39 Å². The van der Waals surface area contributed by atoms with Crippen LogP contribution in [0.3, 0.4) is 0 Å². The Morgan fingerprint density at radius 1 is 1.50 bits per heavy atom. The average molecular weight is 286 g/mol. The molecule has 0 saturated heterocycles. The lowest BCUT2D eigenvalue weighted by Gasteiger charge is -2.25. The highest BCUT2D eigenvalue weighted by Crippen LogP contribution is 2.35. The van der Waals surface area contributed by atoms with E-state index in [9.17, 15) is 4.39 Å². The van der Waals surface area contributed by atoms with Crippen molar-refractivity contribution < 1.29 is 4.39 Å². The molecule has 1 saturated carbocycles. The Balaban J connectivity index is 2.05. The number of benzene rings is 1. The van der Waals surface area contributed by atoms with Crippen LogP contribution in [0.2, 0.25) is 0 Å². The molecule has 0 spiro atoms. The van der Waals surface area contributed by atoms with Gasteiger partial charge in [0.2, 0.25) is 0 Å². The molecule has 1 aliphatic carbocycles. The first-order valence-electron chi connectivity index (χ1n) is 5.72. The number of hydrogen-bond acceptors (Lipinski definition) is 1. The van der Waals surface area contributed by atoms with Gasteiger partial charge in [0, 0.05) is 12.6 Å². The number of rotatable bonds is 4. The first-order chi connectivity index (χ1) is 7.59. The Morgan fingerprint density at radius 3 is 2.81 bits per heavy atom. The number of hydrogen-bond donors (Lipinski definition) is 0. The Morgan fingerprint density at radius 2 is 2.19 bits per heavy atom. The molecule has 0 amide bonds. The maximum Gasteiger partial charge on any atom is 0.137 e. The van der Waals surface area contributed by atoms with E-state index < -0.39 is 0 Å². The second kappa shape index (κ2) is 4.84. The van der Waals surface area contributed by atoms with Crippen LogP contribution in [0.1, 0.15) is 25.3 Å². The minimum absolute atomic E-state index is 0.176. The molecular formula is C13H17BrFN. The fourth-order valence-corrected chi connectivity index (χ4v) is 2.41. The van der Waals surface area contributed by atoms with Crippen LogP contribution >= 0.6 is 15.9 Å². The molecule has 1 atom stereocenters. The van der Waals surface area contributed by atoms with Crippen molar-refractivity contribution in [3.63, 3.8) is 0 Å². The lowest BCUT2D eigenvalue weighted by molar-refractivity contribution is 0.226. The summed E-state index contributed by atoms with van der Waals surface area (Å²) in [5.74, 6) is 0.669. The molecule has 0 aliphatic heterocycles. The van der Waals surface area contributed by atoms with Crippen LogP contribution in [0, 0.1) is 11.7 Å². The molecule has 1 fully saturated rings. The Labute approximate surface area is 105 Å². The summed E-state index contributed by atoms with van der Waals surface area (Å²) in [7, 11) is 2.11. The summed E-state index contributed by atoms with van der Waals surface area (Å²) in [4.78, 5) is 2.30. The SMILES string of the molecule is CC(C1CC1)N(C)Cc1cccc(F)c1Br. The molecule has 1 aromatic rings. The second-order valence-corrected chi connectivity index (χ2v) is 5.50. The van der Waals surface area contributed by atoms with Crippen LogP contribution in [-0.2, 0) is 6.54 Å². The van der Waals surface area contributed by atoms with E-state index in [1.165, 1.54) is 18.9 Å². The summed E-state index contributed by atoms with van der Waals surface area (Å²) >= 11 is 3.31. The lowest BCUT2D eigenvalue weighted by atomic mass is 10.1. The van der Waals surface area contributed by atoms with E-state index in [0.717, 1.165) is 18.0 Å². The van der Waals surface area contributed by atoms with Crippen LogP contribution in [0.25, 0.3) is 0 Å². The molecule has 0 heterocycles. The summed E-state index contributed by atoms with van der Waals surface area (Å²) in [5.41, 5.74) is 1.02. The second-order valence-electron chi connectivity index (χ2n) is 4.71. The van der Waals surface area contributed by atoms with Crippen molar-refractivity contribution in [3.05, 3.63) is 34.1 Å². The van der Waals surface area contributed by atoms with Gasteiger partial charge in [0.25, 0.3) is 0 Å². The molecule has 1 nitrogen and oxygen atoms in total. The topological polar surface area (TPSA) is 3.24 Å². The van der Waals surface area contributed by atoms with Crippen molar-refractivity contribution in [3.8, 4) is 0 Å². The highest BCUT2D eigenvalue weighted by Gasteiger charge is 2.30. The molecule has 88 valence electrons. The fourth-order valence-electron chi connectivity index (χ4n) is 2.02. The Bertz CT molecular complexity index is 376. The third-order valence-corrected chi connectivity index (χ3v) is 4.34. The van der Waals surface area contributed by atoms with E-state index >= 15 is 0 Å². The van der Waals surface area contributed by atoms with Crippen LogP contribution in [0.5, 0.6) is 0 Å². The van der Waals surface area contributed by atoms with Crippen molar-refractivity contribution in [2.24, 2.45) is 5.92 Å². The molecule has 3 heteroatoms. The molecular weight excluding hydrogens is 269 g/mol. The molecule has 0 N–H and O–H groups in total. The van der Waals surface area contributed by atoms with E-state index in [0.29, 0.717) is 10.5 Å². The van der Waals surface area contributed by atoms with E-state index in [1.807, 2.05) is 6.07 Å². The first kappa shape index (κ1) is 12.1. The molecule has 16 heavy (non-hydrogen) atoms. The molecule has 1 aliphatic rings. The van der Waals surface area contributed by atoms with Gasteiger partial charge in [-0.1, -0.05) is 12.1 Å². The van der Waals surface area contributed by atoms with Gasteiger partial charge in [0.15, 0.2) is 0 Å². The molecule has 0 radical (unpaired) electrons. The maximum absolute atomic E-state index is 13.3. The molecule has 1 unspecified atom stereocenters. The predicted octanol–water partition coefficient (Wildman–Crippen LogP) is 3.82. The zero-order valence-corrected chi connectivity index (χ0v) is 11.3. The largest absolute Gasteiger partial charge is 0.299 e. The Hall–Kier alpha value is -0.410. The van der Waals surface area contributed by atoms with Crippen LogP contribution in [-0.4, -0.2) is 18.0 Å². The van der Waals surface area contributed by atoms with Gasteiger partial charge in [0.05, 0.1) is 4.47 Å². The van der Waals surface area contributed by atoms with E-state index in [2.05, 4.69) is 34.8 Å². The van der Waals surface area contributed by atoms with Gasteiger partial charge in [-0.25, -0.2) is 4.39 Å². The molecule has 2 rings (SSSR count). The van der Waals surface area contributed by atoms with Crippen molar-refractivity contribution in [1.29, 1.82) is 0 Å². The van der Waals surface area contributed by atoms with Gasteiger partial charge >= 0.3 is 0 Å². The van der Waals surface area contributed by atoms with Gasteiger partial charge in [-0.15, -0.1) is 0 Å². The summed E-state index contributed by atoms with van der Waals surface area (Å²) in [6, 6.07) is 5.82. The molecule has 0 bridgehead atoms. The van der Waals surface area contributed by atoms with Crippen molar-refractivity contribution in [1.82, 2.24) is 4.90 Å². The maximum atomic E-state index is 13.3. The number of nitrogens with zero attached hydrogens (tertiary/aromatic N) is 1. The fraction of sp³-hybridized carbons (Fsp3) is 0.538. The monoisotopic (exact) mass is 285 g/mol. The van der Waals surface area contributed by atoms with Gasteiger partial charge in [0.1, 0.15) is 5.82 Å². The normalized spacial score (nSPS) is 17.8. The zero-order valence-electron chi connectivity index (χ0n) is 9.71. The van der Waals surface area contributed by atoms with Crippen LogP contribution < -0.4 is 0 Å². The predicted molar refractivity (Wildman–Crippen MR) is 67.8 cm³/mol. The summed E-state index contributed by atoms with van der Waals surface area (Å²) in [6.07, 6.45) is 2.69. The van der Waals surface area contributed by atoms with Gasteiger partial charge in [-0.3, -0.25) is 4.90 Å². The lowest BCUT2D eigenvalue weighted by Crippen LogP contribution is -2.30. The Kier molecular flexibility index (Phi) is 3.65. The summed E-state index contributed by atoms with van der Waals surface area (Å²) < 4.78 is 13.9. The minimum Gasteiger partial charge on any atom is -0.299 e. The van der Waals surface area contributed by atoms with Crippen molar-refractivity contribution in [2.45, 2.75) is 32.4 Å². The van der Waals surface area contributed by atoms with Crippen molar-refractivity contribution >= 4 is 15.9 Å².